The van der Waals surface area contributed by atoms with E-state index < -0.39 is 16.9 Å². The van der Waals surface area contributed by atoms with Crippen LogP contribution in [0.15, 0.2) is 42.5 Å². The Balaban J connectivity index is 2.09. The van der Waals surface area contributed by atoms with E-state index in [1.807, 2.05) is 0 Å². The van der Waals surface area contributed by atoms with Crippen molar-refractivity contribution in [1.82, 2.24) is 0 Å². The number of anilines is 1. The number of benzene rings is 2. The molecule has 120 valence electrons. The van der Waals surface area contributed by atoms with Crippen LogP contribution in [0.25, 0.3) is 0 Å². The number of carbonyl (C=O) groups excluding carboxylic acids is 1. The summed E-state index contributed by atoms with van der Waals surface area (Å²) in [4.78, 5) is 22.7. The first-order valence-electron chi connectivity index (χ1n) is 6.85. The van der Waals surface area contributed by atoms with Gasteiger partial charge in [0.2, 0.25) is 0 Å². The van der Waals surface area contributed by atoms with Gasteiger partial charge >= 0.3 is 0 Å². The van der Waals surface area contributed by atoms with Crippen molar-refractivity contribution in [2.75, 3.05) is 5.32 Å². The lowest BCUT2D eigenvalue weighted by atomic mass is 10.2. The summed E-state index contributed by atoms with van der Waals surface area (Å²) in [6.07, 6.45) is -0.822. The number of nitrogens with zero attached hydrogens (tertiary/aromatic N) is 1. The van der Waals surface area contributed by atoms with Gasteiger partial charge in [0.05, 0.1) is 4.92 Å². The molecule has 0 radical (unpaired) electrons. The molecule has 1 amide bonds. The summed E-state index contributed by atoms with van der Waals surface area (Å²) < 4.78 is 5.49. The molecule has 7 heteroatoms. The fraction of sp³-hybridized carbons (Fsp3) is 0.188. The number of aryl methyl sites for hydroxylation is 1. The molecular weight excluding hydrogens is 320 g/mol. The third kappa shape index (κ3) is 4.43. The van der Waals surface area contributed by atoms with Gasteiger partial charge in [-0.1, -0.05) is 17.7 Å². The molecule has 2 rings (SSSR count). The monoisotopic (exact) mass is 334 g/mol. The Bertz CT molecular complexity index is 731. The van der Waals surface area contributed by atoms with Gasteiger partial charge in [0.25, 0.3) is 11.6 Å². The average Bonchev–Trinajstić information content (AvgIpc) is 2.51. The molecule has 6 nitrogen and oxygen atoms in total. The first-order valence-corrected chi connectivity index (χ1v) is 7.23. The summed E-state index contributed by atoms with van der Waals surface area (Å²) in [5.74, 6) is 0.00218. The van der Waals surface area contributed by atoms with E-state index in [-0.39, 0.29) is 11.4 Å². The van der Waals surface area contributed by atoms with Crippen LogP contribution in [0.5, 0.6) is 5.75 Å². The van der Waals surface area contributed by atoms with Crippen molar-refractivity contribution in [3.05, 3.63) is 63.2 Å². The molecule has 23 heavy (non-hydrogen) atoms. The highest BCUT2D eigenvalue weighted by molar-refractivity contribution is 6.30. The highest BCUT2D eigenvalue weighted by atomic mass is 35.5. The number of amides is 1. The predicted molar refractivity (Wildman–Crippen MR) is 88.0 cm³/mol. The fourth-order valence-corrected chi connectivity index (χ4v) is 2.03. The molecule has 0 saturated carbocycles. The number of hydrogen-bond donors (Lipinski definition) is 1. The van der Waals surface area contributed by atoms with Crippen molar-refractivity contribution >= 4 is 28.9 Å². The van der Waals surface area contributed by atoms with Crippen molar-refractivity contribution in [3.63, 3.8) is 0 Å². The van der Waals surface area contributed by atoms with Gasteiger partial charge in [0.15, 0.2) is 6.10 Å². The van der Waals surface area contributed by atoms with Crippen molar-refractivity contribution in [2.45, 2.75) is 20.0 Å². The Morgan fingerprint density at radius 2 is 1.91 bits per heavy atom. The largest absolute Gasteiger partial charge is 0.481 e. The van der Waals surface area contributed by atoms with E-state index in [1.54, 1.807) is 44.2 Å². The van der Waals surface area contributed by atoms with Crippen LogP contribution in [0.4, 0.5) is 11.4 Å². The van der Waals surface area contributed by atoms with Crippen LogP contribution in [0.1, 0.15) is 12.5 Å². The average molecular weight is 335 g/mol. The Hall–Kier alpha value is -2.60. The molecule has 2 aromatic rings. The molecule has 2 aromatic carbocycles. The zero-order chi connectivity index (χ0) is 17.0. The third-order valence-corrected chi connectivity index (χ3v) is 3.36. The summed E-state index contributed by atoms with van der Waals surface area (Å²) in [6.45, 7) is 3.30. The first kappa shape index (κ1) is 16.8. The molecule has 0 aromatic heterocycles. The number of rotatable bonds is 5. The van der Waals surface area contributed by atoms with Crippen molar-refractivity contribution in [3.8, 4) is 5.75 Å². The Morgan fingerprint density at radius 3 is 2.52 bits per heavy atom. The molecule has 0 heterocycles. The van der Waals surface area contributed by atoms with Crippen molar-refractivity contribution < 1.29 is 14.5 Å². The van der Waals surface area contributed by atoms with Gasteiger partial charge in [-0.2, -0.15) is 0 Å². The highest BCUT2D eigenvalue weighted by Gasteiger charge is 2.20. The summed E-state index contributed by atoms with van der Waals surface area (Å²) in [7, 11) is 0. The molecular formula is C16H15ClN2O4. The molecule has 0 fully saturated rings. The van der Waals surface area contributed by atoms with Gasteiger partial charge < -0.3 is 10.1 Å². The zero-order valence-corrected chi connectivity index (χ0v) is 13.3. The normalized spacial score (nSPS) is 11.6. The second kappa shape index (κ2) is 7.11. The summed E-state index contributed by atoms with van der Waals surface area (Å²) >= 11 is 5.78. The quantitative estimate of drug-likeness (QED) is 0.662. The topological polar surface area (TPSA) is 81.5 Å². The van der Waals surface area contributed by atoms with Crippen LogP contribution in [-0.4, -0.2) is 16.9 Å². The number of nitrogens with one attached hydrogen (secondary N) is 1. The van der Waals surface area contributed by atoms with E-state index in [2.05, 4.69) is 5.32 Å². The Kier molecular flexibility index (Phi) is 5.18. The second-order valence-electron chi connectivity index (χ2n) is 4.98. The third-order valence-electron chi connectivity index (χ3n) is 3.10. The van der Waals surface area contributed by atoms with Crippen LogP contribution in [0, 0.1) is 17.0 Å². The van der Waals surface area contributed by atoms with Gasteiger partial charge in [-0.3, -0.25) is 14.9 Å². The number of nitro groups is 1. The van der Waals surface area contributed by atoms with E-state index in [0.717, 1.165) is 5.56 Å². The molecule has 1 atom stereocenters. The minimum atomic E-state index is -0.822. The molecule has 1 N–H and O–H groups in total. The standard InChI is InChI=1S/C16H15ClN2O4/c1-10-3-8-14(15(9-10)19(21)22)18-16(20)11(2)23-13-6-4-12(17)5-7-13/h3-9,11H,1-2H3,(H,18,20). The van der Waals surface area contributed by atoms with Gasteiger partial charge in [-0.25, -0.2) is 0 Å². The van der Waals surface area contributed by atoms with E-state index >= 15 is 0 Å². The van der Waals surface area contributed by atoms with E-state index in [1.165, 1.54) is 12.1 Å². The first-order chi connectivity index (χ1) is 10.9. The molecule has 0 aliphatic carbocycles. The van der Waals surface area contributed by atoms with Crippen molar-refractivity contribution in [1.29, 1.82) is 0 Å². The van der Waals surface area contributed by atoms with Gasteiger partial charge in [-0.15, -0.1) is 0 Å². The summed E-state index contributed by atoms with van der Waals surface area (Å²) in [5.41, 5.74) is 0.717. The minimum absolute atomic E-state index is 0.136. The van der Waals surface area contributed by atoms with Crippen LogP contribution in [-0.2, 0) is 4.79 Å². The Labute approximate surface area is 138 Å². The number of ether oxygens (including phenoxy) is 1. The molecule has 1 unspecified atom stereocenters. The predicted octanol–water partition coefficient (Wildman–Crippen LogP) is 3.96. The molecule has 0 bridgehead atoms. The second-order valence-corrected chi connectivity index (χ2v) is 5.42. The highest BCUT2D eigenvalue weighted by Crippen LogP contribution is 2.25. The summed E-state index contributed by atoms with van der Waals surface area (Å²) in [5, 5.41) is 14.1. The molecule has 0 aliphatic heterocycles. The number of hydrogen-bond acceptors (Lipinski definition) is 4. The molecule has 0 aliphatic rings. The maximum atomic E-state index is 12.2. The van der Waals surface area contributed by atoms with Crippen LogP contribution >= 0.6 is 11.6 Å². The number of carbonyl (C=O) groups is 1. The van der Waals surface area contributed by atoms with Crippen LogP contribution in [0.2, 0.25) is 5.02 Å². The lowest BCUT2D eigenvalue weighted by Crippen LogP contribution is -2.30. The Morgan fingerprint density at radius 1 is 1.26 bits per heavy atom. The lowest BCUT2D eigenvalue weighted by molar-refractivity contribution is -0.384. The van der Waals surface area contributed by atoms with Crippen LogP contribution < -0.4 is 10.1 Å². The van der Waals surface area contributed by atoms with Gasteiger partial charge in [-0.05, 0) is 49.7 Å². The smallest absolute Gasteiger partial charge is 0.293 e. The molecule has 0 saturated heterocycles. The van der Waals surface area contributed by atoms with E-state index in [0.29, 0.717) is 10.8 Å². The maximum Gasteiger partial charge on any atom is 0.293 e. The van der Waals surface area contributed by atoms with Crippen molar-refractivity contribution in [2.24, 2.45) is 0 Å². The fourth-order valence-electron chi connectivity index (χ4n) is 1.90. The van der Waals surface area contributed by atoms with E-state index in [9.17, 15) is 14.9 Å². The van der Waals surface area contributed by atoms with Gasteiger partial charge in [0.1, 0.15) is 11.4 Å². The number of nitro benzene ring substituents is 1. The SMILES string of the molecule is Cc1ccc(NC(=O)C(C)Oc2ccc(Cl)cc2)c([N+](=O)[O-])c1. The maximum absolute atomic E-state index is 12.2. The minimum Gasteiger partial charge on any atom is -0.481 e. The number of halogens is 1. The zero-order valence-electron chi connectivity index (χ0n) is 12.6. The summed E-state index contributed by atoms with van der Waals surface area (Å²) in [6, 6.07) is 11.2. The van der Waals surface area contributed by atoms with E-state index in [4.69, 9.17) is 16.3 Å². The van der Waals surface area contributed by atoms with Gasteiger partial charge in [0, 0.05) is 11.1 Å². The van der Waals surface area contributed by atoms with Crippen LogP contribution in [0.3, 0.4) is 0 Å². The lowest BCUT2D eigenvalue weighted by Gasteiger charge is -2.15. The molecule has 0 spiro atoms.